The smallest absolute Gasteiger partial charge is 0.223 e. The Kier molecular flexibility index (Phi) is 4.01. The summed E-state index contributed by atoms with van der Waals surface area (Å²) in [5.41, 5.74) is 2.42. The zero-order valence-electron chi connectivity index (χ0n) is 11.8. The van der Waals surface area contributed by atoms with Gasteiger partial charge in [0, 0.05) is 6.92 Å². The molecule has 1 aliphatic carbocycles. The molecule has 20 heavy (non-hydrogen) atoms. The molecule has 0 spiro atoms. The summed E-state index contributed by atoms with van der Waals surface area (Å²) in [5.74, 6) is 0.640. The average molecular weight is 288 g/mol. The summed E-state index contributed by atoms with van der Waals surface area (Å²) in [6, 6.07) is 6.58. The molecule has 1 N–H and O–H groups in total. The van der Waals surface area contributed by atoms with Crippen molar-refractivity contribution in [2.75, 3.05) is 5.32 Å². The Hall–Kier alpha value is -1.42. The van der Waals surface area contributed by atoms with Crippen LogP contribution in [0.15, 0.2) is 18.2 Å². The number of rotatable bonds is 2. The molecule has 1 fully saturated rings. The van der Waals surface area contributed by atoms with Crippen LogP contribution in [0.25, 0.3) is 10.2 Å². The van der Waals surface area contributed by atoms with Gasteiger partial charge < -0.3 is 5.32 Å². The van der Waals surface area contributed by atoms with Gasteiger partial charge in [-0.15, -0.1) is 0 Å². The number of thiazole rings is 1. The van der Waals surface area contributed by atoms with Crippen molar-refractivity contribution in [2.24, 2.45) is 0 Å². The lowest BCUT2D eigenvalue weighted by Gasteiger charge is -2.14. The molecule has 0 unspecified atom stereocenters. The third kappa shape index (κ3) is 3.01. The first-order valence-electron chi connectivity index (χ1n) is 7.40. The standard InChI is InChI=1S/C16H20N2OS/c1-11(19)17-16-18-14-9-8-13(10-15(14)20-16)12-6-4-2-3-5-7-12/h8-10,12H,2-7H2,1H3,(H,17,18,19). The number of nitrogens with zero attached hydrogens (tertiary/aromatic N) is 1. The van der Waals surface area contributed by atoms with Gasteiger partial charge in [-0.25, -0.2) is 4.98 Å². The van der Waals surface area contributed by atoms with E-state index >= 15 is 0 Å². The van der Waals surface area contributed by atoms with Crippen LogP contribution < -0.4 is 5.32 Å². The largest absolute Gasteiger partial charge is 0.302 e. The lowest BCUT2D eigenvalue weighted by Crippen LogP contribution is -2.04. The maximum absolute atomic E-state index is 11.1. The summed E-state index contributed by atoms with van der Waals surface area (Å²) in [5, 5.41) is 3.47. The summed E-state index contributed by atoms with van der Waals surface area (Å²) in [7, 11) is 0. The van der Waals surface area contributed by atoms with Crippen LogP contribution in [0.2, 0.25) is 0 Å². The highest BCUT2D eigenvalue weighted by Crippen LogP contribution is 2.35. The highest BCUT2D eigenvalue weighted by atomic mass is 32.1. The second-order valence-corrected chi connectivity index (χ2v) is 6.65. The number of hydrogen-bond acceptors (Lipinski definition) is 3. The minimum Gasteiger partial charge on any atom is -0.302 e. The van der Waals surface area contributed by atoms with E-state index in [1.807, 2.05) is 0 Å². The van der Waals surface area contributed by atoms with Crippen LogP contribution in [-0.2, 0) is 4.79 Å². The fraction of sp³-hybridized carbons (Fsp3) is 0.500. The minimum absolute atomic E-state index is 0.0620. The van der Waals surface area contributed by atoms with Gasteiger partial charge in [0.2, 0.25) is 5.91 Å². The number of anilines is 1. The molecular weight excluding hydrogens is 268 g/mol. The number of carbonyl (C=O) groups is 1. The van der Waals surface area contributed by atoms with Crippen molar-refractivity contribution in [2.45, 2.75) is 51.4 Å². The van der Waals surface area contributed by atoms with Crippen LogP contribution in [0.1, 0.15) is 56.9 Å². The lowest BCUT2D eigenvalue weighted by atomic mass is 9.92. The Morgan fingerprint density at radius 2 is 2.00 bits per heavy atom. The van der Waals surface area contributed by atoms with Crippen LogP contribution in [-0.4, -0.2) is 10.9 Å². The van der Waals surface area contributed by atoms with Crippen molar-refractivity contribution < 1.29 is 4.79 Å². The quantitative estimate of drug-likeness (QED) is 0.814. The molecule has 0 atom stereocenters. The van der Waals surface area contributed by atoms with Crippen LogP contribution in [0.4, 0.5) is 5.13 Å². The summed E-state index contributed by atoms with van der Waals surface area (Å²) < 4.78 is 1.18. The fourth-order valence-electron chi connectivity index (χ4n) is 3.01. The molecule has 0 bridgehead atoms. The number of aromatic nitrogens is 1. The molecule has 1 aromatic heterocycles. The fourth-order valence-corrected chi connectivity index (χ4v) is 3.97. The molecule has 1 saturated carbocycles. The molecule has 106 valence electrons. The van der Waals surface area contributed by atoms with Gasteiger partial charge in [0.25, 0.3) is 0 Å². The summed E-state index contributed by atoms with van der Waals surface area (Å²) >= 11 is 1.57. The van der Waals surface area contributed by atoms with E-state index in [0.29, 0.717) is 11.0 Å². The van der Waals surface area contributed by atoms with Crippen molar-refractivity contribution in [1.82, 2.24) is 4.98 Å². The van der Waals surface area contributed by atoms with Gasteiger partial charge in [-0.2, -0.15) is 0 Å². The Balaban J connectivity index is 1.87. The number of hydrogen-bond donors (Lipinski definition) is 1. The Bertz CT molecular complexity index is 612. The molecule has 3 nitrogen and oxygen atoms in total. The topological polar surface area (TPSA) is 42.0 Å². The second kappa shape index (κ2) is 5.92. The monoisotopic (exact) mass is 288 g/mol. The zero-order chi connectivity index (χ0) is 13.9. The first-order chi connectivity index (χ1) is 9.72. The van der Waals surface area contributed by atoms with Gasteiger partial charge in [0.15, 0.2) is 5.13 Å². The van der Waals surface area contributed by atoms with Gasteiger partial charge in [0.1, 0.15) is 0 Å². The van der Waals surface area contributed by atoms with Crippen LogP contribution >= 0.6 is 11.3 Å². The normalized spacial score (nSPS) is 17.1. The van der Waals surface area contributed by atoms with E-state index in [1.54, 1.807) is 11.3 Å². The molecule has 1 amide bonds. The number of benzene rings is 1. The average Bonchev–Trinajstić information content (AvgIpc) is 2.62. The maximum Gasteiger partial charge on any atom is 0.223 e. The van der Waals surface area contributed by atoms with E-state index in [1.165, 1.54) is 55.7 Å². The molecular formula is C16H20N2OS. The lowest BCUT2D eigenvalue weighted by molar-refractivity contribution is -0.114. The molecule has 1 aromatic carbocycles. The molecule has 0 aliphatic heterocycles. The molecule has 3 rings (SSSR count). The van der Waals surface area contributed by atoms with Gasteiger partial charge in [-0.1, -0.05) is 43.1 Å². The summed E-state index contributed by atoms with van der Waals surface area (Å²) in [6.45, 7) is 1.52. The Labute approximate surface area is 123 Å². The van der Waals surface area contributed by atoms with Crippen LogP contribution in [0.3, 0.4) is 0 Å². The predicted octanol–water partition coefficient (Wildman–Crippen LogP) is 4.69. The third-order valence-corrected chi connectivity index (χ3v) is 4.96. The molecule has 0 radical (unpaired) electrons. The SMILES string of the molecule is CC(=O)Nc1nc2ccc(C3CCCCCC3)cc2s1. The van der Waals surface area contributed by atoms with Crippen molar-refractivity contribution >= 4 is 32.6 Å². The van der Waals surface area contributed by atoms with E-state index in [0.717, 1.165) is 5.52 Å². The molecule has 1 aliphatic rings. The van der Waals surface area contributed by atoms with E-state index in [2.05, 4.69) is 28.5 Å². The third-order valence-electron chi connectivity index (χ3n) is 4.02. The maximum atomic E-state index is 11.1. The van der Waals surface area contributed by atoms with Gasteiger partial charge in [-0.05, 0) is 36.5 Å². The van der Waals surface area contributed by atoms with E-state index in [-0.39, 0.29) is 5.91 Å². The van der Waals surface area contributed by atoms with E-state index < -0.39 is 0 Å². The van der Waals surface area contributed by atoms with Crippen molar-refractivity contribution in [3.63, 3.8) is 0 Å². The molecule has 2 aromatic rings. The summed E-state index contributed by atoms with van der Waals surface area (Å²) in [4.78, 5) is 15.5. The first-order valence-corrected chi connectivity index (χ1v) is 8.22. The van der Waals surface area contributed by atoms with Gasteiger partial charge in [-0.3, -0.25) is 4.79 Å². The first kappa shape index (κ1) is 13.6. The van der Waals surface area contributed by atoms with E-state index in [9.17, 15) is 4.79 Å². The minimum atomic E-state index is -0.0620. The second-order valence-electron chi connectivity index (χ2n) is 5.62. The highest BCUT2D eigenvalue weighted by Gasteiger charge is 2.15. The number of amides is 1. The molecule has 1 heterocycles. The molecule has 0 saturated heterocycles. The van der Waals surface area contributed by atoms with Crippen molar-refractivity contribution in [3.05, 3.63) is 23.8 Å². The summed E-state index contributed by atoms with van der Waals surface area (Å²) in [6.07, 6.45) is 8.08. The Morgan fingerprint density at radius 3 is 2.70 bits per heavy atom. The zero-order valence-corrected chi connectivity index (χ0v) is 12.6. The van der Waals surface area contributed by atoms with Gasteiger partial charge >= 0.3 is 0 Å². The number of fused-ring (bicyclic) bond motifs is 1. The van der Waals surface area contributed by atoms with Crippen molar-refractivity contribution in [3.8, 4) is 0 Å². The Morgan fingerprint density at radius 1 is 1.25 bits per heavy atom. The highest BCUT2D eigenvalue weighted by molar-refractivity contribution is 7.22. The van der Waals surface area contributed by atoms with Crippen LogP contribution in [0, 0.1) is 0 Å². The van der Waals surface area contributed by atoms with Crippen LogP contribution in [0.5, 0.6) is 0 Å². The van der Waals surface area contributed by atoms with E-state index in [4.69, 9.17) is 0 Å². The number of nitrogens with one attached hydrogen (secondary N) is 1. The van der Waals surface area contributed by atoms with Gasteiger partial charge in [0.05, 0.1) is 10.2 Å². The predicted molar refractivity (Wildman–Crippen MR) is 84.4 cm³/mol. The van der Waals surface area contributed by atoms with Crippen molar-refractivity contribution in [1.29, 1.82) is 0 Å². The number of carbonyl (C=O) groups excluding carboxylic acids is 1. The molecule has 4 heteroatoms.